The lowest BCUT2D eigenvalue weighted by molar-refractivity contribution is 0.0937. The standard InChI is InChI=1S/C18H18Cl2N2O2/c1-3-11(2)21-17(23)12-7-9-13(10-8-12)18(24)22-16-14(19)5-4-6-15(16)20/h4-11H,3H2,1-2H3,(H,21,23)(H,22,24). The maximum absolute atomic E-state index is 12.3. The average molecular weight is 365 g/mol. The van der Waals surface area contributed by atoms with E-state index < -0.39 is 0 Å². The van der Waals surface area contributed by atoms with Crippen molar-refractivity contribution in [2.24, 2.45) is 0 Å². The Bertz CT molecular complexity index is 725. The zero-order chi connectivity index (χ0) is 17.7. The summed E-state index contributed by atoms with van der Waals surface area (Å²) in [6.45, 7) is 3.94. The second-order valence-electron chi connectivity index (χ2n) is 5.41. The molecule has 0 fully saturated rings. The molecule has 0 radical (unpaired) electrons. The highest BCUT2D eigenvalue weighted by molar-refractivity contribution is 6.40. The Kier molecular flexibility index (Phi) is 6.23. The largest absolute Gasteiger partial charge is 0.350 e. The third-order valence-corrected chi connectivity index (χ3v) is 4.23. The van der Waals surface area contributed by atoms with Crippen molar-refractivity contribution in [2.75, 3.05) is 5.32 Å². The van der Waals surface area contributed by atoms with E-state index >= 15 is 0 Å². The molecule has 2 N–H and O–H groups in total. The van der Waals surface area contributed by atoms with Gasteiger partial charge in [0.25, 0.3) is 11.8 Å². The molecule has 0 heterocycles. The van der Waals surface area contributed by atoms with Crippen LogP contribution >= 0.6 is 23.2 Å². The average Bonchev–Trinajstić information content (AvgIpc) is 2.58. The van der Waals surface area contributed by atoms with Gasteiger partial charge < -0.3 is 10.6 Å². The van der Waals surface area contributed by atoms with Gasteiger partial charge in [-0.3, -0.25) is 9.59 Å². The number of halogens is 2. The van der Waals surface area contributed by atoms with E-state index in [1.807, 2.05) is 13.8 Å². The van der Waals surface area contributed by atoms with Crippen LogP contribution in [0.4, 0.5) is 5.69 Å². The van der Waals surface area contributed by atoms with Gasteiger partial charge in [-0.25, -0.2) is 0 Å². The first-order chi connectivity index (χ1) is 11.4. The van der Waals surface area contributed by atoms with E-state index in [1.165, 1.54) is 0 Å². The van der Waals surface area contributed by atoms with Crippen LogP contribution in [0.25, 0.3) is 0 Å². The van der Waals surface area contributed by atoms with Crippen LogP contribution in [0.2, 0.25) is 10.0 Å². The number of rotatable bonds is 5. The molecule has 0 aliphatic heterocycles. The first-order valence-electron chi connectivity index (χ1n) is 7.58. The smallest absolute Gasteiger partial charge is 0.255 e. The van der Waals surface area contributed by atoms with Gasteiger partial charge in [0, 0.05) is 17.2 Å². The van der Waals surface area contributed by atoms with Crippen molar-refractivity contribution in [1.29, 1.82) is 0 Å². The number of amides is 2. The Morgan fingerprint density at radius 3 is 1.96 bits per heavy atom. The molecule has 6 heteroatoms. The van der Waals surface area contributed by atoms with Crippen LogP contribution < -0.4 is 10.6 Å². The van der Waals surface area contributed by atoms with Crippen molar-refractivity contribution in [3.05, 3.63) is 63.6 Å². The van der Waals surface area contributed by atoms with Crippen LogP contribution in [0.5, 0.6) is 0 Å². The highest BCUT2D eigenvalue weighted by atomic mass is 35.5. The van der Waals surface area contributed by atoms with Gasteiger partial charge in [-0.1, -0.05) is 36.2 Å². The Balaban J connectivity index is 2.10. The molecule has 126 valence electrons. The number of anilines is 1. The minimum atomic E-state index is -0.348. The Hall–Kier alpha value is -2.04. The second kappa shape index (κ2) is 8.18. The summed E-state index contributed by atoms with van der Waals surface area (Å²) in [6.07, 6.45) is 0.852. The second-order valence-corrected chi connectivity index (χ2v) is 6.23. The van der Waals surface area contributed by atoms with Gasteiger partial charge in [0.05, 0.1) is 15.7 Å². The Morgan fingerprint density at radius 2 is 1.46 bits per heavy atom. The minimum absolute atomic E-state index is 0.0999. The maximum Gasteiger partial charge on any atom is 0.255 e. The summed E-state index contributed by atoms with van der Waals surface area (Å²) in [5.41, 5.74) is 1.28. The summed E-state index contributed by atoms with van der Waals surface area (Å²) >= 11 is 12.1. The zero-order valence-electron chi connectivity index (χ0n) is 13.4. The summed E-state index contributed by atoms with van der Waals surface area (Å²) in [5, 5.41) is 6.28. The summed E-state index contributed by atoms with van der Waals surface area (Å²) < 4.78 is 0. The van der Waals surface area contributed by atoms with Gasteiger partial charge in [0.2, 0.25) is 0 Å². The number of benzene rings is 2. The van der Waals surface area contributed by atoms with E-state index in [4.69, 9.17) is 23.2 Å². The number of hydrogen-bond donors (Lipinski definition) is 2. The van der Waals surface area contributed by atoms with Gasteiger partial charge in [0.15, 0.2) is 0 Å². The zero-order valence-corrected chi connectivity index (χ0v) is 14.9. The molecular weight excluding hydrogens is 347 g/mol. The molecule has 4 nitrogen and oxygen atoms in total. The highest BCUT2D eigenvalue weighted by Crippen LogP contribution is 2.30. The minimum Gasteiger partial charge on any atom is -0.350 e. The monoisotopic (exact) mass is 364 g/mol. The van der Waals surface area contributed by atoms with Gasteiger partial charge >= 0.3 is 0 Å². The van der Waals surface area contributed by atoms with Gasteiger partial charge in [-0.2, -0.15) is 0 Å². The van der Waals surface area contributed by atoms with E-state index in [1.54, 1.807) is 42.5 Å². The van der Waals surface area contributed by atoms with Crippen LogP contribution in [0.15, 0.2) is 42.5 Å². The van der Waals surface area contributed by atoms with E-state index in [2.05, 4.69) is 10.6 Å². The number of para-hydroxylation sites is 1. The lowest BCUT2D eigenvalue weighted by Gasteiger charge is -2.12. The molecule has 2 rings (SSSR count). The predicted octanol–water partition coefficient (Wildman–Crippen LogP) is 4.77. The normalized spacial score (nSPS) is 11.7. The molecule has 0 aromatic heterocycles. The number of hydrogen-bond acceptors (Lipinski definition) is 2. The van der Waals surface area contributed by atoms with Gasteiger partial charge in [0.1, 0.15) is 0 Å². The van der Waals surface area contributed by atoms with Crippen LogP contribution in [0.1, 0.15) is 41.0 Å². The molecule has 2 amide bonds. The quantitative estimate of drug-likeness (QED) is 0.802. The fraction of sp³-hybridized carbons (Fsp3) is 0.222. The van der Waals surface area contributed by atoms with Crippen LogP contribution in [-0.4, -0.2) is 17.9 Å². The van der Waals surface area contributed by atoms with Crippen molar-refractivity contribution in [1.82, 2.24) is 5.32 Å². The first-order valence-corrected chi connectivity index (χ1v) is 8.34. The van der Waals surface area contributed by atoms with Crippen LogP contribution in [0.3, 0.4) is 0 Å². The molecule has 0 aliphatic carbocycles. The van der Waals surface area contributed by atoms with Crippen LogP contribution in [0, 0.1) is 0 Å². The number of carbonyl (C=O) groups is 2. The van der Waals surface area contributed by atoms with Gasteiger partial charge in [-0.15, -0.1) is 0 Å². The van der Waals surface area contributed by atoms with Crippen molar-refractivity contribution in [3.63, 3.8) is 0 Å². The van der Waals surface area contributed by atoms with Crippen molar-refractivity contribution < 1.29 is 9.59 Å². The van der Waals surface area contributed by atoms with E-state index in [9.17, 15) is 9.59 Å². The molecule has 2 aromatic rings. The van der Waals surface area contributed by atoms with Crippen molar-refractivity contribution in [2.45, 2.75) is 26.3 Å². The predicted molar refractivity (Wildman–Crippen MR) is 98.1 cm³/mol. The molecule has 1 atom stereocenters. The molecule has 0 bridgehead atoms. The molecular formula is C18H18Cl2N2O2. The van der Waals surface area contributed by atoms with Crippen LogP contribution in [-0.2, 0) is 0 Å². The number of nitrogens with one attached hydrogen (secondary N) is 2. The molecule has 0 aliphatic rings. The Labute approximate surface area is 151 Å². The topological polar surface area (TPSA) is 58.2 Å². The molecule has 1 unspecified atom stereocenters. The van der Waals surface area contributed by atoms with Crippen molar-refractivity contribution in [3.8, 4) is 0 Å². The summed E-state index contributed by atoms with van der Waals surface area (Å²) in [5.74, 6) is -0.510. The molecule has 0 saturated heterocycles. The summed E-state index contributed by atoms with van der Waals surface area (Å²) in [7, 11) is 0. The lowest BCUT2D eigenvalue weighted by Crippen LogP contribution is -2.31. The SMILES string of the molecule is CCC(C)NC(=O)c1ccc(C(=O)Nc2c(Cl)cccc2Cl)cc1. The fourth-order valence-corrected chi connectivity index (χ4v) is 2.48. The highest BCUT2D eigenvalue weighted by Gasteiger charge is 2.13. The maximum atomic E-state index is 12.3. The van der Waals surface area contributed by atoms with E-state index in [0.717, 1.165) is 6.42 Å². The third kappa shape index (κ3) is 4.49. The molecule has 0 saturated carbocycles. The van der Waals surface area contributed by atoms with Gasteiger partial charge in [-0.05, 0) is 49.7 Å². The molecule has 2 aromatic carbocycles. The summed E-state index contributed by atoms with van der Waals surface area (Å²) in [4.78, 5) is 24.3. The first kappa shape index (κ1) is 18.3. The fourth-order valence-electron chi connectivity index (χ4n) is 1.99. The molecule has 24 heavy (non-hydrogen) atoms. The third-order valence-electron chi connectivity index (χ3n) is 3.60. The van der Waals surface area contributed by atoms with E-state index in [0.29, 0.717) is 26.9 Å². The lowest BCUT2D eigenvalue weighted by atomic mass is 10.1. The molecule has 0 spiro atoms. The van der Waals surface area contributed by atoms with E-state index in [-0.39, 0.29) is 17.9 Å². The van der Waals surface area contributed by atoms with Crippen molar-refractivity contribution >= 4 is 40.7 Å². The summed E-state index contributed by atoms with van der Waals surface area (Å²) in [6, 6.07) is 11.5. The Morgan fingerprint density at radius 1 is 0.958 bits per heavy atom. The number of carbonyl (C=O) groups excluding carboxylic acids is 2.